The van der Waals surface area contributed by atoms with Gasteiger partial charge in [0.2, 0.25) is 0 Å². The number of hydrogen-bond acceptors (Lipinski definition) is 7. The summed E-state index contributed by atoms with van der Waals surface area (Å²) in [5, 5.41) is 8.64. The summed E-state index contributed by atoms with van der Waals surface area (Å²) in [4.78, 5) is 0. The third-order valence-electron chi connectivity index (χ3n) is 4.12. The molecule has 0 aromatic heterocycles. The van der Waals surface area contributed by atoms with E-state index in [1.165, 1.54) is 0 Å². The smallest absolute Gasteiger partial charge is 0.368 e. The van der Waals surface area contributed by atoms with Crippen molar-refractivity contribution in [3.63, 3.8) is 0 Å². The van der Waals surface area contributed by atoms with Crippen LogP contribution in [0, 0.1) is 0 Å². The van der Waals surface area contributed by atoms with E-state index < -0.39 is 20.3 Å². The van der Waals surface area contributed by atoms with Crippen LogP contribution in [0.25, 0.3) is 0 Å². The Labute approximate surface area is 172 Å². The molecule has 7 nitrogen and oxygen atoms in total. The molecule has 0 saturated carbocycles. The molecule has 0 spiro atoms. The lowest BCUT2D eigenvalue weighted by Gasteiger charge is -2.36. The van der Waals surface area contributed by atoms with Gasteiger partial charge in [-0.05, 0) is 31.9 Å². The van der Waals surface area contributed by atoms with E-state index in [9.17, 15) is 14.2 Å². The predicted molar refractivity (Wildman–Crippen MR) is 112 cm³/mol. The lowest BCUT2D eigenvalue weighted by molar-refractivity contribution is 0.0853. The molecular formula is C20H28O7P2. The highest BCUT2D eigenvalue weighted by Crippen LogP contribution is 2.76. The van der Waals surface area contributed by atoms with Gasteiger partial charge in [0.25, 0.3) is 5.08 Å². The van der Waals surface area contributed by atoms with Crippen LogP contribution in [0.1, 0.15) is 31.9 Å². The lowest BCUT2D eigenvalue weighted by atomic mass is 10.2. The van der Waals surface area contributed by atoms with Crippen LogP contribution >= 0.6 is 15.2 Å². The quantitative estimate of drug-likeness (QED) is 0.431. The minimum Gasteiger partial charge on any atom is -0.368 e. The van der Waals surface area contributed by atoms with Gasteiger partial charge in [-0.1, -0.05) is 60.7 Å². The highest BCUT2D eigenvalue weighted by Gasteiger charge is 2.61. The molecular weight excluding hydrogens is 414 g/mol. The largest absolute Gasteiger partial charge is 0.374 e. The van der Waals surface area contributed by atoms with Crippen molar-refractivity contribution >= 4 is 15.2 Å². The molecule has 2 aromatic rings. The highest BCUT2D eigenvalue weighted by molar-refractivity contribution is 7.73. The van der Waals surface area contributed by atoms with Gasteiger partial charge in [-0.3, -0.25) is 9.13 Å². The Bertz CT molecular complexity index is 783. The molecule has 0 aliphatic carbocycles. The fourth-order valence-electron chi connectivity index (χ4n) is 2.52. The number of aliphatic hydroxyl groups is 1. The second kappa shape index (κ2) is 10.6. The van der Waals surface area contributed by atoms with Crippen LogP contribution in [0.2, 0.25) is 0 Å². The Kier molecular flexibility index (Phi) is 8.80. The van der Waals surface area contributed by atoms with E-state index in [0.717, 1.165) is 18.1 Å². The summed E-state index contributed by atoms with van der Waals surface area (Å²) in [6.07, 6.45) is 0. The van der Waals surface area contributed by atoms with Crippen molar-refractivity contribution in [3.8, 4) is 0 Å². The molecule has 0 bridgehead atoms. The average Bonchev–Trinajstić information content (AvgIpc) is 2.72. The Balaban J connectivity index is 2.35. The van der Waals surface area contributed by atoms with Gasteiger partial charge in [-0.25, -0.2) is 0 Å². The summed E-state index contributed by atoms with van der Waals surface area (Å²) < 4.78 is 48.7. The van der Waals surface area contributed by atoms with Crippen LogP contribution < -0.4 is 0 Å². The van der Waals surface area contributed by atoms with E-state index in [-0.39, 0.29) is 26.4 Å². The maximum absolute atomic E-state index is 13.8. The standard InChI is InChI=1S/C20H28O7P2/c1-4-24-28(22,25-5-2)20(3,21)29(23,26-16-18-12-8-6-9-13-18)27-17-19-14-10-7-11-15-19/h6-15,21H,4-5,16-17H2,1-3H3. The van der Waals surface area contributed by atoms with Crippen LogP contribution in [0.4, 0.5) is 0 Å². The first-order valence-electron chi connectivity index (χ1n) is 9.36. The molecule has 0 radical (unpaired) electrons. The zero-order valence-electron chi connectivity index (χ0n) is 16.9. The van der Waals surface area contributed by atoms with Gasteiger partial charge in [0.05, 0.1) is 26.4 Å². The van der Waals surface area contributed by atoms with E-state index in [1.807, 2.05) is 12.1 Å². The van der Waals surface area contributed by atoms with Crippen molar-refractivity contribution in [2.75, 3.05) is 13.2 Å². The maximum atomic E-state index is 13.8. The molecule has 0 aliphatic heterocycles. The fraction of sp³-hybridized carbons (Fsp3) is 0.400. The number of benzene rings is 2. The first kappa shape index (κ1) is 24.0. The second-order valence-corrected chi connectivity index (χ2v) is 11.4. The molecule has 2 rings (SSSR count). The van der Waals surface area contributed by atoms with Crippen molar-refractivity contribution in [3.05, 3.63) is 71.8 Å². The van der Waals surface area contributed by atoms with Crippen LogP contribution in [-0.4, -0.2) is 23.4 Å². The van der Waals surface area contributed by atoms with Gasteiger partial charge in [-0.15, -0.1) is 0 Å². The molecule has 2 aromatic carbocycles. The SMILES string of the molecule is CCOP(=O)(OCC)C(C)(O)P(=O)(OCc1ccccc1)OCc1ccccc1. The van der Waals surface area contributed by atoms with E-state index in [2.05, 4.69) is 0 Å². The van der Waals surface area contributed by atoms with Crippen molar-refractivity contribution in [1.29, 1.82) is 0 Å². The van der Waals surface area contributed by atoms with Crippen molar-refractivity contribution < 1.29 is 32.3 Å². The number of rotatable bonds is 12. The molecule has 29 heavy (non-hydrogen) atoms. The third-order valence-corrected chi connectivity index (χ3v) is 9.80. The first-order chi connectivity index (χ1) is 13.8. The molecule has 9 heteroatoms. The van der Waals surface area contributed by atoms with Crippen LogP contribution in [-0.2, 0) is 40.4 Å². The molecule has 1 N–H and O–H groups in total. The molecule has 160 valence electrons. The molecule has 0 amide bonds. The lowest BCUT2D eigenvalue weighted by Crippen LogP contribution is -2.29. The zero-order chi connectivity index (χ0) is 21.4. The van der Waals surface area contributed by atoms with Crippen molar-refractivity contribution in [2.45, 2.75) is 39.1 Å². The van der Waals surface area contributed by atoms with Gasteiger partial charge in [0.1, 0.15) is 0 Å². The van der Waals surface area contributed by atoms with Crippen molar-refractivity contribution in [2.24, 2.45) is 0 Å². The van der Waals surface area contributed by atoms with E-state index in [0.29, 0.717) is 0 Å². The summed E-state index contributed by atoms with van der Waals surface area (Å²) in [5.74, 6) is 0. The molecule has 0 saturated heterocycles. The predicted octanol–water partition coefficient (Wildman–Crippen LogP) is 5.55. The average molecular weight is 442 g/mol. The third kappa shape index (κ3) is 5.87. The summed E-state index contributed by atoms with van der Waals surface area (Å²) in [6, 6.07) is 18.0. The van der Waals surface area contributed by atoms with Crippen molar-refractivity contribution in [1.82, 2.24) is 0 Å². The fourth-order valence-corrected chi connectivity index (χ4v) is 6.86. The Morgan fingerprint density at radius 1 is 0.724 bits per heavy atom. The highest BCUT2D eigenvalue weighted by atomic mass is 31.2. The van der Waals surface area contributed by atoms with E-state index >= 15 is 0 Å². The Hall–Kier alpha value is -1.30. The first-order valence-corrected chi connectivity index (χ1v) is 12.4. The summed E-state index contributed by atoms with van der Waals surface area (Å²) in [5.41, 5.74) is 1.43. The zero-order valence-corrected chi connectivity index (χ0v) is 18.7. The molecule has 0 aliphatic rings. The summed E-state index contributed by atoms with van der Waals surface area (Å²) >= 11 is 0. The van der Waals surface area contributed by atoms with Crippen LogP contribution in [0.3, 0.4) is 0 Å². The summed E-state index contributed by atoms with van der Waals surface area (Å²) in [6.45, 7) is 4.07. The second-order valence-electron chi connectivity index (χ2n) is 6.32. The van der Waals surface area contributed by atoms with Gasteiger partial charge in [0, 0.05) is 0 Å². The van der Waals surface area contributed by atoms with Crippen LogP contribution in [0.5, 0.6) is 0 Å². The Morgan fingerprint density at radius 2 is 1.07 bits per heavy atom. The monoisotopic (exact) mass is 442 g/mol. The molecule has 0 heterocycles. The minimum absolute atomic E-state index is 0.00913. The Morgan fingerprint density at radius 3 is 1.41 bits per heavy atom. The minimum atomic E-state index is -4.39. The van der Waals surface area contributed by atoms with Gasteiger partial charge < -0.3 is 23.2 Å². The molecule has 1 unspecified atom stereocenters. The topological polar surface area (TPSA) is 91.3 Å². The maximum Gasteiger partial charge on any atom is 0.374 e. The summed E-state index contributed by atoms with van der Waals surface area (Å²) in [7, 11) is -8.64. The van der Waals surface area contributed by atoms with Gasteiger partial charge in [-0.2, -0.15) is 0 Å². The van der Waals surface area contributed by atoms with E-state index in [4.69, 9.17) is 18.1 Å². The normalized spacial score (nSPS) is 14.5. The number of hydrogen-bond donors (Lipinski definition) is 1. The van der Waals surface area contributed by atoms with Crippen LogP contribution in [0.15, 0.2) is 60.7 Å². The van der Waals surface area contributed by atoms with Gasteiger partial charge >= 0.3 is 15.2 Å². The molecule has 0 fully saturated rings. The molecule has 1 atom stereocenters. The van der Waals surface area contributed by atoms with Gasteiger partial charge in [0.15, 0.2) is 0 Å². The van der Waals surface area contributed by atoms with E-state index in [1.54, 1.807) is 62.4 Å².